The number of esters is 3. The smallest absolute Gasteiger partial charge is 0.306 e. The Balaban J connectivity index is 4.45. The lowest BCUT2D eigenvalue weighted by Crippen LogP contribution is -2.30. The highest BCUT2D eigenvalue weighted by Crippen LogP contribution is 2.13. The van der Waals surface area contributed by atoms with Gasteiger partial charge in [-0.05, 0) is 83.5 Å². The standard InChI is InChI=1S/C53H88O6/c1-4-7-10-13-16-19-22-24-25-26-27-28-30-31-34-37-40-43-46-52(55)58-49-50(48-57-51(54)45-42-39-36-33-21-18-15-12-9-6-3)59-53(56)47-44-41-38-35-32-29-23-20-17-14-11-8-5-2/h10,13,15-16,18-19,22,24-29,32,50H,4-9,11-12,14,17,20-21,23,30-31,33-49H2,1-3H3/b13-10-,18-15-,19-16-,24-22-,26-25-,28-27-,32-29-. The lowest BCUT2D eigenvalue weighted by molar-refractivity contribution is -0.167. The topological polar surface area (TPSA) is 78.9 Å². The van der Waals surface area contributed by atoms with Crippen molar-refractivity contribution in [2.24, 2.45) is 0 Å². The Morgan fingerprint density at radius 2 is 0.678 bits per heavy atom. The van der Waals surface area contributed by atoms with Gasteiger partial charge in [0.15, 0.2) is 6.10 Å². The van der Waals surface area contributed by atoms with E-state index in [1.54, 1.807) is 0 Å². The highest BCUT2D eigenvalue weighted by Gasteiger charge is 2.19. The van der Waals surface area contributed by atoms with Gasteiger partial charge in [0, 0.05) is 19.3 Å². The van der Waals surface area contributed by atoms with Crippen LogP contribution in [0, 0.1) is 0 Å². The van der Waals surface area contributed by atoms with Crippen molar-refractivity contribution < 1.29 is 28.6 Å². The number of hydrogen-bond donors (Lipinski definition) is 0. The molecule has 0 bridgehead atoms. The molecule has 6 nitrogen and oxygen atoms in total. The molecule has 59 heavy (non-hydrogen) atoms. The second-order valence-corrected chi connectivity index (χ2v) is 15.8. The third-order valence-corrected chi connectivity index (χ3v) is 9.95. The van der Waals surface area contributed by atoms with E-state index in [9.17, 15) is 14.4 Å². The molecule has 0 aromatic heterocycles. The lowest BCUT2D eigenvalue weighted by Gasteiger charge is -2.18. The largest absolute Gasteiger partial charge is 0.462 e. The average molecular weight is 821 g/mol. The van der Waals surface area contributed by atoms with Crippen molar-refractivity contribution >= 4 is 17.9 Å². The van der Waals surface area contributed by atoms with Crippen molar-refractivity contribution in [1.29, 1.82) is 0 Å². The SMILES string of the molecule is CCC\C=C/C=C\C=C/C=C\C=C/CCCCCCCC(=O)OCC(COC(=O)CCCCCC/C=C\CCCC)OC(=O)CCCCC/C=C\CCCCCCCC. The maximum Gasteiger partial charge on any atom is 0.306 e. The van der Waals surface area contributed by atoms with E-state index in [1.165, 1.54) is 57.8 Å². The molecule has 0 fully saturated rings. The number of unbranched alkanes of at least 4 members (excludes halogenated alkanes) is 21. The zero-order valence-corrected chi connectivity index (χ0v) is 38.2. The van der Waals surface area contributed by atoms with Gasteiger partial charge in [-0.2, -0.15) is 0 Å². The van der Waals surface area contributed by atoms with Gasteiger partial charge in [-0.15, -0.1) is 0 Å². The van der Waals surface area contributed by atoms with E-state index < -0.39 is 6.10 Å². The van der Waals surface area contributed by atoms with Crippen LogP contribution in [0.5, 0.6) is 0 Å². The first-order chi connectivity index (χ1) is 29.0. The van der Waals surface area contributed by atoms with Crippen LogP contribution in [-0.4, -0.2) is 37.2 Å². The normalized spacial score (nSPS) is 12.8. The molecule has 0 aliphatic carbocycles. The van der Waals surface area contributed by atoms with E-state index in [4.69, 9.17) is 14.2 Å². The zero-order valence-electron chi connectivity index (χ0n) is 38.2. The fraction of sp³-hybridized carbons (Fsp3) is 0.679. The Kier molecular flexibility index (Phi) is 44.5. The first-order valence-electron chi connectivity index (χ1n) is 24.2. The molecule has 0 heterocycles. The van der Waals surface area contributed by atoms with E-state index in [2.05, 4.69) is 75.5 Å². The van der Waals surface area contributed by atoms with Gasteiger partial charge >= 0.3 is 17.9 Å². The minimum Gasteiger partial charge on any atom is -0.462 e. The van der Waals surface area contributed by atoms with E-state index in [0.29, 0.717) is 19.3 Å². The zero-order chi connectivity index (χ0) is 43.0. The predicted octanol–water partition coefficient (Wildman–Crippen LogP) is 15.6. The molecular weight excluding hydrogens is 733 g/mol. The molecular formula is C53H88O6. The summed E-state index contributed by atoms with van der Waals surface area (Å²) in [7, 11) is 0. The summed E-state index contributed by atoms with van der Waals surface area (Å²) >= 11 is 0. The molecule has 0 aliphatic rings. The first kappa shape index (κ1) is 55.6. The van der Waals surface area contributed by atoms with Crippen molar-refractivity contribution in [2.45, 2.75) is 219 Å². The van der Waals surface area contributed by atoms with Crippen molar-refractivity contribution in [3.05, 3.63) is 85.1 Å². The van der Waals surface area contributed by atoms with Crippen LogP contribution < -0.4 is 0 Å². The van der Waals surface area contributed by atoms with Crippen molar-refractivity contribution in [2.75, 3.05) is 13.2 Å². The number of rotatable bonds is 42. The third-order valence-electron chi connectivity index (χ3n) is 9.95. The highest BCUT2D eigenvalue weighted by atomic mass is 16.6. The second kappa shape index (κ2) is 47.3. The summed E-state index contributed by atoms with van der Waals surface area (Å²) in [5.74, 6) is -0.958. The van der Waals surface area contributed by atoms with Crippen LogP contribution in [0.25, 0.3) is 0 Å². The third kappa shape index (κ3) is 45.5. The summed E-state index contributed by atoms with van der Waals surface area (Å²) in [6.45, 7) is 6.43. The molecule has 0 aliphatic heterocycles. The minimum atomic E-state index is -0.798. The molecule has 6 heteroatoms. The Morgan fingerprint density at radius 1 is 0.339 bits per heavy atom. The van der Waals surface area contributed by atoms with Crippen LogP contribution in [0.1, 0.15) is 213 Å². The maximum absolute atomic E-state index is 12.7. The second-order valence-electron chi connectivity index (χ2n) is 15.8. The fourth-order valence-electron chi connectivity index (χ4n) is 6.27. The maximum atomic E-state index is 12.7. The van der Waals surface area contributed by atoms with Gasteiger partial charge in [0.1, 0.15) is 13.2 Å². The number of allylic oxidation sites excluding steroid dienone is 14. The summed E-state index contributed by atoms with van der Waals surface area (Å²) in [6.07, 6.45) is 59.9. The van der Waals surface area contributed by atoms with Gasteiger partial charge in [0.2, 0.25) is 0 Å². The Labute approximate surface area is 363 Å². The molecule has 1 atom stereocenters. The molecule has 0 N–H and O–H groups in total. The van der Waals surface area contributed by atoms with Crippen LogP contribution in [0.15, 0.2) is 85.1 Å². The van der Waals surface area contributed by atoms with E-state index >= 15 is 0 Å². The Hall–Kier alpha value is -3.41. The molecule has 0 radical (unpaired) electrons. The summed E-state index contributed by atoms with van der Waals surface area (Å²) in [5, 5.41) is 0. The summed E-state index contributed by atoms with van der Waals surface area (Å²) in [6, 6.07) is 0. The lowest BCUT2D eigenvalue weighted by atomic mass is 10.1. The van der Waals surface area contributed by atoms with Crippen LogP contribution in [0.2, 0.25) is 0 Å². The van der Waals surface area contributed by atoms with Gasteiger partial charge in [-0.25, -0.2) is 0 Å². The predicted molar refractivity (Wildman–Crippen MR) is 251 cm³/mol. The number of hydrogen-bond acceptors (Lipinski definition) is 6. The molecule has 0 aromatic rings. The molecule has 0 spiro atoms. The van der Waals surface area contributed by atoms with Crippen molar-refractivity contribution in [3.8, 4) is 0 Å². The Bertz CT molecular complexity index is 1170. The molecule has 0 saturated heterocycles. The molecule has 1 unspecified atom stereocenters. The monoisotopic (exact) mass is 821 g/mol. The van der Waals surface area contributed by atoms with Crippen LogP contribution in [0.4, 0.5) is 0 Å². The van der Waals surface area contributed by atoms with E-state index in [1.807, 2.05) is 30.4 Å². The quantitative estimate of drug-likeness (QED) is 0.0201. The van der Waals surface area contributed by atoms with Gasteiger partial charge in [-0.3, -0.25) is 14.4 Å². The van der Waals surface area contributed by atoms with Crippen molar-refractivity contribution in [3.63, 3.8) is 0 Å². The fourth-order valence-corrected chi connectivity index (χ4v) is 6.27. The molecule has 0 rings (SSSR count). The van der Waals surface area contributed by atoms with Gasteiger partial charge < -0.3 is 14.2 Å². The van der Waals surface area contributed by atoms with Crippen LogP contribution in [-0.2, 0) is 28.6 Å². The number of carbonyl (C=O) groups is 3. The Morgan fingerprint density at radius 3 is 1.14 bits per heavy atom. The highest BCUT2D eigenvalue weighted by molar-refractivity contribution is 5.71. The first-order valence-corrected chi connectivity index (χ1v) is 24.2. The summed E-state index contributed by atoms with van der Waals surface area (Å²) in [4.78, 5) is 37.8. The minimum absolute atomic E-state index is 0.0981. The summed E-state index contributed by atoms with van der Waals surface area (Å²) < 4.78 is 16.7. The molecule has 336 valence electrons. The van der Waals surface area contributed by atoms with Crippen LogP contribution in [0.3, 0.4) is 0 Å². The van der Waals surface area contributed by atoms with E-state index in [0.717, 1.165) is 116 Å². The van der Waals surface area contributed by atoms with Gasteiger partial charge in [0.05, 0.1) is 0 Å². The molecule has 0 amide bonds. The average Bonchev–Trinajstić information content (AvgIpc) is 3.23. The van der Waals surface area contributed by atoms with Crippen LogP contribution >= 0.6 is 0 Å². The van der Waals surface area contributed by atoms with E-state index in [-0.39, 0.29) is 31.1 Å². The molecule has 0 aromatic carbocycles. The summed E-state index contributed by atoms with van der Waals surface area (Å²) in [5.41, 5.74) is 0. The molecule has 0 saturated carbocycles. The van der Waals surface area contributed by atoms with Crippen molar-refractivity contribution in [1.82, 2.24) is 0 Å². The number of carbonyl (C=O) groups excluding carboxylic acids is 3. The van der Waals surface area contributed by atoms with Gasteiger partial charge in [0.25, 0.3) is 0 Å². The van der Waals surface area contributed by atoms with Gasteiger partial charge in [-0.1, -0.05) is 196 Å². The number of ether oxygens (including phenoxy) is 3.